The molecule has 1 aromatic rings. The summed E-state index contributed by atoms with van der Waals surface area (Å²) < 4.78 is 0. The normalized spacial score (nSPS) is 13.5. The number of carbonyl (C=O) groups is 2. The summed E-state index contributed by atoms with van der Waals surface area (Å²) in [7, 11) is 0. The van der Waals surface area contributed by atoms with Gasteiger partial charge in [0.05, 0.1) is 5.60 Å². The Bertz CT molecular complexity index is 571. The van der Waals surface area contributed by atoms with Crippen molar-refractivity contribution in [1.29, 1.82) is 0 Å². The molecule has 23 heavy (non-hydrogen) atoms. The number of nitrogens with one attached hydrogen (secondary N) is 2. The molecule has 128 valence electrons. The Morgan fingerprint density at radius 2 is 1.96 bits per heavy atom. The number of benzene rings is 1. The maximum atomic E-state index is 11.9. The Morgan fingerprint density at radius 1 is 1.30 bits per heavy atom. The van der Waals surface area contributed by atoms with Gasteiger partial charge in [-0.1, -0.05) is 31.5 Å². The maximum Gasteiger partial charge on any atom is 0.313 e. The van der Waals surface area contributed by atoms with Crippen LogP contribution in [0.2, 0.25) is 5.02 Å². The van der Waals surface area contributed by atoms with E-state index in [2.05, 4.69) is 24.5 Å². The molecule has 0 aliphatic heterocycles. The van der Waals surface area contributed by atoms with Crippen LogP contribution in [-0.4, -0.2) is 29.1 Å². The van der Waals surface area contributed by atoms with Crippen molar-refractivity contribution >= 4 is 29.1 Å². The van der Waals surface area contributed by atoms with Gasteiger partial charge in [-0.2, -0.15) is 0 Å². The molecule has 0 saturated heterocycles. The minimum atomic E-state index is -1.04. The van der Waals surface area contributed by atoms with Crippen LogP contribution in [0.1, 0.15) is 39.2 Å². The van der Waals surface area contributed by atoms with Crippen molar-refractivity contribution in [3.63, 3.8) is 0 Å². The molecule has 1 atom stereocenters. The quantitative estimate of drug-likeness (QED) is 0.697. The summed E-state index contributed by atoms with van der Waals surface area (Å²) in [5, 5.41) is 15.7. The second kappa shape index (κ2) is 8.31. The molecule has 6 heteroatoms. The molecule has 0 radical (unpaired) electrons. The number of halogens is 1. The van der Waals surface area contributed by atoms with Gasteiger partial charge in [-0.25, -0.2) is 0 Å². The van der Waals surface area contributed by atoms with Crippen molar-refractivity contribution in [2.75, 3.05) is 11.9 Å². The van der Waals surface area contributed by atoms with Crippen LogP contribution in [-0.2, 0) is 9.59 Å². The summed E-state index contributed by atoms with van der Waals surface area (Å²) in [5.41, 5.74) is 0.148. The van der Waals surface area contributed by atoms with Gasteiger partial charge in [0.15, 0.2) is 0 Å². The van der Waals surface area contributed by atoms with Gasteiger partial charge in [0.2, 0.25) is 0 Å². The van der Waals surface area contributed by atoms with Crippen LogP contribution in [0.25, 0.3) is 0 Å². The molecule has 0 heterocycles. The van der Waals surface area contributed by atoms with E-state index >= 15 is 0 Å². The second-order valence-electron chi connectivity index (χ2n) is 6.48. The number of amides is 2. The zero-order valence-electron chi connectivity index (χ0n) is 14.1. The summed E-state index contributed by atoms with van der Waals surface area (Å²) in [6.07, 6.45) is 1.40. The lowest BCUT2D eigenvalue weighted by atomic mass is 9.95. The molecule has 5 nitrogen and oxygen atoms in total. The molecule has 0 saturated carbocycles. The number of carbonyl (C=O) groups excluding carboxylic acids is 2. The third-order valence-electron chi connectivity index (χ3n) is 3.61. The minimum absolute atomic E-state index is 0.0283. The van der Waals surface area contributed by atoms with Gasteiger partial charge in [0, 0.05) is 17.3 Å². The molecule has 0 spiro atoms. The molecule has 1 rings (SSSR count). The molecule has 0 aliphatic rings. The molecular weight excluding hydrogens is 316 g/mol. The molecule has 0 aromatic heterocycles. The lowest BCUT2D eigenvalue weighted by Gasteiger charge is -2.24. The SMILES string of the molecule is Cc1c(Cl)cccc1NC(=O)C(=O)NCC(C)(O)CCC(C)C. The van der Waals surface area contributed by atoms with E-state index < -0.39 is 17.4 Å². The highest BCUT2D eigenvalue weighted by Gasteiger charge is 2.23. The number of hydrogen-bond donors (Lipinski definition) is 3. The van der Waals surface area contributed by atoms with E-state index in [1.54, 1.807) is 32.0 Å². The van der Waals surface area contributed by atoms with E-state index in [1.807, 2.05) is 0 Å². The molecular formula is C17H25ClN2O3. The molecule has 0 fully saturated rings. The number of anilines is 1. The first-order chi connectivity index (χ1) is 10.6. The predicted molar refractivity (Wildman–Crippen MR) is 92.5 cm³/mol. The summed E-state index contributed by atoms with van der Waals surface area (Å²) >= 11 is 5.97. The van der Waals surface area contributed by atoms with E-state index in [9.17, 15) is 14.7 Å². The van der Waals surface area contributed by atoms with E-state index in [0.717, 1.165) is 6.42 Å². The number of rotatable bonds is 6. The number of hydrogen-bond acceptors (Lipinski definition) is 3. The zero-order chi connectivity index (χ0) is 17.6. The zero-order valence-corrected chi connectivity index (χ0v) is 14.8. The van der Waals surface area contributed by atoms with Gasteiger partial charge in [0.1, 0.15) is 0 Å². The van der Waals surface area contributed by atoms with Gasteiger partial charge in [0.25, 0.3) is 0 Å². The fraction of sp³-hybridized carbons (Fsp3) is 0.529. The first-order valence-electron chi connectivity index (χ1n) is 7.69. The van der Waals surface area contributed by atoms with E-state index in [4.69, 9.17) is 11.6 Å². The molecule has 1 aromatic carbocycles. The largest absolute Gasteiger partial charge is 0.388 e. The van der Waals surface area contributed by atoms with Gasteiger partial charge in [-0.15, -0.1) is 0 Å². The standard InChI is InChI=1S/C17H25ClN2O3/c1-11(2)8-9-17(4,23)10-19-15(21)16(22)20-14-7-5-6-13(18)12(14)3/h5-7,11,23H,8-10H2,1-4H3,(H,19,21)(H,20,22). The van der Waals surface area contributed by atoms with Crippen LogP contribution in [0.15, 0.2) is 18.2 Å². The fourth-order valence-corrected chi connectivity index (χ4v) is 2.14. The molecule has 0 aliphatic carbocycles. The van der Waals surface area contributed by atoms with Crippen molar-refractivity contribution in [1.82, 2.24) is 5.32 Å². The summed E-state index contributed by atoms with van der Waals surface area (Å²) in [6, 6.07) is 5.07. The first-order valence-corrected chi connectivity index (χ1v) is 8.07. The van der Waals surface area contributed by atoms with Gasteiger partial charge in [-0.05, 0) is 50.3 Å². The smallest absolute Gasteiger partial charge is 0.313 e. The molecule has 3 N–H and O–H groups in total. The third kappa shape index (κ3) is 6.59. The Kier molecular flexibility index (Phi) is 7.03. The maximum absolute atomic E-state index is 11.9. The lowest BCUT2D eigenvalue weighted by Crippen LogP contribution is -2.44. The highest BCUT2D eigenvalue weighted by molar-refractivity contribution is 6.40. The molecule has 2 amide bonds. The Hall–Kier alpha value is -1.59. The van der Waals surface area contributed by atoms with Crippen LogP contribution >= 0.6 is 11.6 Å². The Labute approximate surface area is 142 Å². The average molecular weight is 341 g/mol. The topological polar surface area (TPSA) is 78.4 Å². The van der Waals surface area contributed by atoms with Crippen LogP contribution in [0.3, 0.4) is 0 Å². The monoisotopic (exact) mass is 340 g/mol. The van der Waals surface area contributed by atoms with Crippen LogP contribution < -0.4 is 10.6 Å². The summed E-state index contributed by atoms with van der Waals surface area (Å²) in [6.45, 7) is 7.56. The second-order valence-corrected chi connectivity index (χ2v) is 6.89. The van der Waals surface area contributed by atoms with E-state index in [0.29, 0.717) is 28.6 Å². The molecule has 0 bridgehead atoms. The van der Waals surface area contributed by atoms with Gasteiger partial charge < -0.3 is 15.7 Å². The number of aliphatic hydroxyl groups is 1. The van der Waals surface area contributed by atoms with Crippen LogP contribution in [0.5, 0.6) is 0 Å². The highest BCUT2D eigenvalue weighted by Crippen LogP contribution is 2.22. The van der Waals surface area contributed by atoms with Crippen molar-refractivity contribution in [3.8, 4) is 0 Å². The Balaban J connectivity index is 2.54. The van der Waals surface area contributed by atoms with Crippen LogP contribution in [0, 0.1) is 12.8 Å². The van der Waals surface area contributed by atoms with Crippen molar-refractivity contribution in [3.05, 3.63) is 28.8 Å². The van der Waals surface area contributed by atoms with E-state index in [1.165, 1.54) is 0 Å². The Morgan fingerprint density at radius 3 is 2.57 bits per heavy atom. The predicted octanol–water partition coefficient (Wildman–Crippen LogP) is 2.89. The van der Waals surface area contributed by atoms with Crippen LogP contribution in [0.4, 0.5) is 5.69 Å². The van der Waals surface area contributed by atoms with Crippen molar-refractivity contribution in [2.24, 2.45) is 5.92 Å². The molecule has 1 unspecified atom stereocenters. The lowest BCUT2D eigenvalue weighted by molar-refractivity contribution is -0.136. The van der Waals surface area contributed by atoms with Crippen molar-refractivity contribution in [2.45, 2.75) is 46.1 Å². The van der Waals surface area contributed by atoms with Gasteiger partial charge >= 0.3 is 11.8 Å². The minimum Gasteiger partial charge on any atom is -0.388 e. The summed E-state index contributed by atoms with van der Waals surface area (Å²) in [4.78, 5) is 23.8. The fourth-order valence-electron chi connectivity index (χ4n) is 1.96. The third-order valence-corrected chi connectivity index (χ3v) is 4.02. The summed E-state index contributed by atoms with van der Waals surface area (Å²) in [5.74, 6) is -1.10. The highest BCUT2D eigenvalue weighted by atomic mass is 35.5. The van der Waals surface area contributed by atoms with E-state index in [-0.39, 0.29) is 6.54 Å². The van der Waals surface area contributed by atoms with Crippen molar-refractivity contribution < 1.29 is 14.7 Å². The first kappa shape index (κ1) is 19.5. The van der Waals surface area contributed by atoms with Gasteiger partial charge in [-0.3, -0.25) is 9.59 Å². The average Bonchev–Trinajstić information content (AvgIpc) is 2.47.